The van der Waals surface area contributed by atoms with Crippen LogP contribution in [0.2, 0.25) is 0 Å². The molecule has 0 aromatic heterocycles. The molecule has 1 aromatic carbocycles. The van der Waals surface area contributed by atoms with E-state index < -0.39 is 5.60 Å². The van der Waals surface area contributed by atoms with Crippen LogP contribution >= 0.6 is 0 Å². The maximum atomic E-state index is 12.6. The number of ether oxygens (including phenoxy) is 1. The summed E-state index contributed by atoms with van der Waals surface area (Å²) >= 11 is 0. The van der Waals surface area contributed by atoms with Crippen LogP contribution in [-0.4, -0.2) is 34.6 Å². The first-order chi connectivity index (χ1) is 15.2. The highest BCUT2D eigenvalue weighted by molar-refractivity contribution is 5.78. The Kier molecular flexibility index (Phi) is 14.5. The predicted octanol–water partition coefficient (Wildman–Crippen LogP) is 8.10. The van der Waals surface area contributed by atoms with Gasteiger partial charge in [-0.05, 0) is 62.9 Å². The second-order valence-corrected chi connectivity index (χ2v) is 8.62. The number of nitrogens with zero attached hydrogens (tertiary/aromatic N) is 2. The largest absolute Gasteiger partial charge is 0.443 e. The minimum Gasteiger partial charge on any atom is -0.443 e. The lowest BCUT2D eigenvalue weighted by atomic mass is 9.96. The van der Waals surface area contributed by atoms with E-state index in [2.05, 4.69) is 56.1 Å². The molecule has 1 atom stereocenters. The molecule has 2 rings (SSSR count). The number of carbonyl (C=O) groups is 1. The average Bonchev–Trinajstić information content (AvgIpc) is 2.79. The summed E-state index contributed by atoms with van der Waals surface area (Å²) in [5.41, 5.74) is 3.01. The number of fused-ring (bicyclic) bond motifs is 1. The number of allylic oxidation sites excluding steroid dienone is 1. The van der Waals surface area contributed by atoms with E-state index in [0.717, 1.165) is 30.6 Å². The van der Waals surface area contributed by atoms with E-state index in [1.54, 1.807) is 4.90 Å². The predicted molar refractivity (Wildman–Crippen MR) is 139 cm³/mol. The van der Waals surface area contributed by atoms with Crippen molar-refractivity contribution in [1.82, 2.24) is 9.80 Å². The van der Waals surface area contributed by atoms with Gasteiger partial charge in [-0.3, -0.25) is 4.90 Å². The molecule has 0 saturated heterocycles. The second kappa shape index (κ2) is 15.6. The molecule has 1 amide bonds. The highest BCUT2D eigenvalue weighted by Crippen LogP contribution is 2.28. The number of likely N-dealkylation sites (N-methyl/N-ethyl adjacent to an activating group) is 1. The molecular formula is C28H48N2O2. The normalized spacial score (nSPS) is 13.7. The molecule has 0 saturated carbocycles. The Hall–Kier alpha value is -2.23. The molecule has 1 aliphatic heterocycles. The highest BCUT2D eigenvalue weighted by Gasteiger charge is 2.26. The zero-order valence-electron chi connectivity index (χ0n) is 22.4. The highest BCUT2D eigenvalue weighted by atomic mass is 16.6. The SMILES string of the molecule is CC.CC.CCC(C)C/C=C/N(CC)CC1=CN(C(=O)OC(C)(C)C)Cc2ccccc21. The summed E-state index contributed by atoms with van der Waals surface area (Å²) in [5.74, 6) is 0.701. The van der Waals surface area contributed by atoms with Crippen LogP contribution in [0, 0.1) is 5.92 Å². The summed E-state index contributed by atoms with van der Waals surface area (Å²) in [4.78, 5) is 16.6. The average molecular weight is 445 g/mol. The van der Waals surface area contributed by atoms with E-state index in [0.29, 0.717) is 12.5 Å². The van der Waals surface area contributed by atoms with Crippen molar-refractivity contribution in [2.75, 3.05) is 13.1 Å². The molecule has 4 nitrogen and oxygen atoms in total. The van der Waals surface area contributed by atoms with Gasteiger partial charge in [0.2, 0.25) is 0 Å². The number of rotatable bonds is 7. The molecule has 0 N–H and O–H groups in total. The number of hydrogen-bond donors (Lipinski definition) is 0. The lowest BCUT2D eigenvalue weighted by Gasteiger charge is -2.31. The topological polar surface area (TPSA) is 32.8 Å². The van der Waals surface area contributed by atoms with E-state index >= 15 is 0 Å². The van der Waals surface area contributed by atoms with Gasteiger partial charge in [-0.25, -0.2) is 4.79 Å². The quantitative estimate of drug-likeness (QED) is 0.426. The van der Waals surface area contributed by atoms with Crippen molar-refractivity contribution >= 4 is 11.7 Å². The summed E-state index contributed by atoms with van der Waals surface area (Å²) in [5, 5.41) is 0. The van der Waals surface area contributed by atoms with Crippen LogP contribution in [0.15, 0.2) is 42.7 Å². The molecule has 1 aromatic rings. The van der Waals surface area contributed by atoms with Gasteiger partial charge in [0, 0.05) is 19.3 Å². The zero-order chi connectivity index (χ0) is 24.7. The number of amides is 1. The number of benzene rings is 1. The fraction of sp³-hybridized carbons (Fsp3) is 0.607. The Bertz CT molecular complexity index is 716. The first kappa shape index (κ1) is 29.8. The Morgan fingerprint density at radius 3 is 2.34 bits per heavy atom. The number of carbonyl (C=O) groups excluding carboxylic acids is 1. The van der Waals surface area contributed by atoms with Crippen molar-refractivity contribution in [3.8, 4) is 0 Å². The Labute approximate surface area is 198 Å². The van der Waals surface area contributed by atoms with Gasteiger partial charge in [0.15, 0.2) is 0 Å². The lowest BCUT2D eigenvalue weighted by Crippen LogP contribution is -2.35. The van der Waals surface area contributed by atoms with Crippen molar-refractivity contribution in [2.24, 2.45) is 5.92 Å². The monoisotopic (exact) mass is 444 g/mol. The van der Waals surface area contributed by atoms with E-state index in [1.807, 2.05) is 60.7 Å². The summed E-state index contributed by atoms with van der Waals surface area (Å²) in [7, 11) is 0. The molecule has 1 heterocycles. The van der Waals surface area contributed by atoms with Crippen molar-refractivity contribution < 1.29 is 9.53 Å². The molecule has 0 fully saturated rings. The van der Waals surface area contributed by atoms with E-state index in [1.165, 1.54) is 12.0 Å². The van der Waals surface area contributed by atoms with Crippen LogP contribution < -0.4 is 0 Å². The first-order valence-electron chi connectivity index (χ1n) is 12.4. The maximum absolute atomic E-state index is 12.6. The Balaban J connectivity index is 0.00000227. The third kappa shape index (κ3) is 10.4. The second-order valence-electron chi connectivity index (χ2n) is 8.62. The van der Waals surface area contributed by atoms with E-state index in [4.69, 9.17) is 4.74 Å². The van der Waals surface area contributed by atoms with Gasteiger partial charge in [0.1, 0.15) is 5.60 Å². The third-order valence-corrected chi connectivity index (χ3v) is 4.97. The molecule has 0 aliphatic carbocycles. The summed E-state index contributed by atoms with van der Waals surface area (Å²) in [6.45, 7) is 22.6. The fourth-order valence-electron chi connectivity index (χ4n) is 3.12. The molecule has 1 aliphatic rings. The molecule has 4 heteroatoms. The number of hydrogen-bond acceptors (Lipinski definition) is 3. The third-order valence-electron chi connectivity index (χ3n) is 4.97. The van der Waals surface area contributed by atoms with Gasteiger partial charge in [-0.2, -0.15) is 0 Å². The fourth-order valence-corrected chi connectivity index (χ4v) is 3.12. The van der Waals surface area contributed by atoms with Crippen LogP contribution in [-0.2, 0) is 11.3 Å². The van der Waals surface area contributed by atoms with E-state index in [-0.39, 0.29) is 6.09 Å². The van der Waals surface area contributed by atoms with Crippen molar-refractivity contribution in [3.63, 3.8) is 0 Å². The molecular weight excluding hydrogens is 396 g/mol. The lowest BCUT2D eigenvalue weighted by molar-refractivity contribution is 0.0321. The van der Waals surface area contributed by atoms with E-state index in [9.17, 15) is 4.79 Å². The molecule has 32 heavy (non-hydrogen) atoms. The first-order valence-corrected chi connectivity index (χ1v) is 12.4. The summed E-state index contributed by atoms with van der Waals surface area (Å²) in [6.07, 6.45) is 8.41. The standard InChI is InChI=1S/C24H36N2O2.2C2H6/c1-7-19(3)12-11-15-25(8-2)16-21-18-26(23(27)28-24(4,5)6)17-20-13-9-10-14-22(20)21;2*1-2/h9-11,13-15,18-19H,7-8,12,16-17H2,1-6H3;2*1-2H3/b15-11+;;. The van der Waals surface area contributed by atoms with Crippen LogP contribution in [0.4, 0.5) is 4.79 Å². The van der Waals surface area contributed by atoms with Gasteiger partial charge in [-0.1, -0.05) is 78.3 Å². The van der Waals surface area contributed by atoms with Crippen molar-refractivity contribution in [1.29, 1.82) is 0 Å². The summed E-state index contributed by atoms with van der Waals surface area (Å²) in [6, 6.07) is 8.32. The molecule has 1 unspecified atom stereocenters. The van der Waals surface area contributed by atoms with Crippen LogP contribution in [0.1, 0.15) is 93.2 Å². The van der Waals surface area contributed by atoms with Gasteiger partial charge in [-0.15, -0.1) is 0 Å². The van der Waals surface area contributed by atoms with Crippen LogP contribution in [0.25, 0.3) is 5.57 Å². The molecule has 182 valence electrons. The van der Waals surface area contributed by atoms with Crippen molar-refractivity contribution in [2.45, 2.75) is 94.2 Å². The smallest absolute Gasteiger partial charge is 0.414 e. The van der Waals surface area contributed by atoms with Crippen molar-refractivity contribution in [3.05, 3.63) is 53.9 Å². The Morgan fingerprint density at radius 1 is 1.16 bits per heavy atom. The van der Waals surface area contributed by atoms with Gasteiger partial charge < -0.3 is 9.64 Å². The molecule has 0 spiro atoms. The van der Waals surface area contributed by atoms with Gasteiger partial charge >= 0.3 is 6.09 Å². The summed E-state index contributed by atoms with van der Waals surface area (Å²) < 4.78 is 5.59. The van der Waals surface area contributed by atoms with Crippen LogP contribution in [0.3, 0.4) is 0 Å². The zero-order valence-corrected chi connectivity index (χ0v) is 22.4. The molecule has 0 radical (unpaired) electrons. The van der Waals surface area contributed by atoms with Crippen LogP contribution in [0.5, 0.6) is 0 Å². The van der Waals surface area contributed by atoms with Gasteiger partial charge in [0.05, 0.1) is 6.54 Å². The minimum absolute atomic E-state index is 0.296. The molecule has 0 bridgehead atoms. The maximum Gasteiger partial charge on any atom is 0.414 e. The minimum atomic E-state index is -0.504. The van der Waals surface area contributed by atoms with Gasteiger partial charge in [0.25, 0.3) is 0 Å². The Morgan fingerprint density at radius 2 is 1.78 bits per heavy atom.